The van der Waals surface area contributed by atoms with E-state index in [1.807, 2.05) is 61.5 Å². The first-order valence-corrected chi connectivity index (χ1v) is 14.3. The van der Waals surface area contributed by atoms with E-state index in [9.17, 15) is 14.7 Å². The molecular formula is C32H32ClN3O5. The van der Waals surface area contributed by atoms with E-state index in [1.165, 1.54) is 0 Å². The number of carbonyl (C=O) groups excluding carboxylic acids is 2. The van der Waals surface area contributed by atoms with Gasteiger partial charge in [-0.3, -0.25) is 9.69 Å². The van der Waals surface area contributed by atoms with Crippen LogP contribution in [0, 0.1) is 12.8 Å². The Bertz CT molecular complexity index is 1560. The third kappa shape index (κ3) is 6.04. The number of aromatic amines is 1. The fourth-order valence-corrected chi connectivity index (χ4v) is 5.45. The Morgan fingerprint density at radius 2 is 1.80 bits per heavy atom. The molecule has 2 aliphatic rings. The Hall–Kier alpha value is -4.01. The van der Waals surface area contributed by atoms with Crippen molar-refractivity contribution in [3.8, 4) is 11.5 Å². The first kappa shape index (κ1) is 27.2. The summed E-state index contributed by atoms with van der Waals surface area (Å²) < 4.78 is 11.6. The summed E-state index contributed by atoms with van der Waals surface area (Å²) in [5.41, 5.74) is 4.98. The fourth-order valence-electron chi connectivity index (χ4n) is 5.28. The maximum Gasteiger partial charge on any atom is 0.416 e. The van der Waals surface area contributed by atoms with Crippen LogP contribution < -0.4 is 14.8 Å². The number of nitrogens with one attached hydrogen (secondary N) is 2. The van der Waals surface area contributed by atoms with Crippen molar-refractivity contribution in [3.63, 3.8) is 0 Å². The predicted octanol–water partition coefficient (Wildman–Crippen LogP) is 5.54. The first-order chi connectivity index (χ1) is 19.9. The molecule has 9 heteroatoms. The number of aliphatic hydroxyl groups is 1. The molecule has 1 aromatic heterocycles. The van der Waals surface area contributed by atoms with E-state index in [0.29, 0.717) is 29.5 Å². The highest BCUT2D eigenvalue weighted by atomic mass is 35.5. The van der Waals surface area contributed by atoms with Crippen LogP contribution in [0.4, 0.5) is 4.79 Å². The van der Waals surface area contributed by atoms with Gasteiger partial charge in [0.05, 0.1) is 0 Å². The zero-order chi connectivity index (χ0) is 28.5. The molecule has 0 radical (unpaired) electrons. The van der Waals surface area contributed by atoms with Gasteiger partial charge in [0.25, 0.3) is 0 Å². The second-order valence-corrected chi connectivity index (χ2v) is 11.2. The highest BCUT2D eigenvalue weighted by Crippen LogP contribution is 2.40. The lowest BCUT2D eigenvalue weighted by Gasteiger charge is -2.35. The van der Waals surface area contributed by atoms with E-state index in [1.54, 1.807) is 17.0 Å². The zero-order valence-electron chi connectivity index (χ0n) is 22.7. The molecule has 0 saturated heterocycles. The van der Waals surface area contributed by atoms with E-state index < -0.39 is 18.2 Å². The number of ether oxygens (including phenoxy) is 2. The van der Waals surface area contributed by atoms with E-state index in [0.717, 1.165) is 46.1 Å². The van der Waals surface area contributed by atoms with Crippen molar-refractivity contribution in [2.75, 3.05) is 19.7 Å². The van der Waals surface area contributed by atoms with Gasteiger partial charge in [-0.2, -0.15) is 0 Å². The van der Waals surface area contributed by atoms with Crippen molar-refractivity contribution < 1.29 is 24.2 Å². The second kappa shape index (κ2) is 11.5. The fraction of sp³-hybridized carbons (Fsp3) is 0.312. The molecule has 212 valence electrons. The number of nitrogens with zero attached hydrogens (tertiary/aromatic N) is 1. The van der Waals surface area contributed by atoms with Gasteiger partial charge in [-0.1, -0.05) is 41.4 Å². The maximum atomic E-state index is 13.5. The summed E-state index contributed by atoms with van der Waals surface area (Å²) in [6.07, 6.45) is 1.24. The molecule has 6 rings (SSSR count). The zero-order valence-corrected chi connectivity index (χ0v) is 23.5. The Morgan fingerprint density at radius 3 is 2.54 bits per heavy atom. The maximum absolute atomic E-state index is 13.5. The number of amides is 2. The molecule has 4 aromatic rings. The van der Waals surface area contributed by atoms with Gasteiger partial charge in [0.2, 0.25) is 5.91 Å². The quantitative estimate of drug-likeness (QED) is 0.257. The molecule has 2 unspecified atom stereocenters. The van der Waals surface area contributed by atoms with Crippen molar-refractivity contribution in [2.24, 2.45) is 5.92 Å². The van der Waals surface area contributed by atoms with Crippen molar-refractivity contribution in [1.29, 1.82) is 0 Å². The van der Waals surface area contributed by atoms with Gasteiger partial charge < -0.3 is 24.9 Å². The van der Waals surface area contributed by atoms with E-state index >= 15 is 0 Å². The van der Waals surface area contributed by atoms with Gasteiger partial charge >= 0.3 is 6.09 Å². The molecule has 0 bridgehead atoms. The molecule has 3 N–H and O–H groups in total. The van der Waals surface area contributed by atoms with Gasteiger partial charge in [0.15, 0.2) is 0 Å². The average Bonchev–Trinajstić information content (AvgIpc) is 3.77. The first-order valence-electron chi connectivity index (χ1n) is 13.9. The number of fused-ring (bicyclic) bond motifs is 3. The number of carbonyl (C=O) groups is 2. The number of H-pyrrole nitrogens is 1. The van der Waals surface area contributed by atoms with Crippen LogP contribution in [-0.4, -0.2) is 52.8 Å². The molecule has 2 amide bonds. The van der Waals surface area contributed by atoms with Crippen LogP contribution in [0.5, 0.6) is 11.5 Å². The highest BCUT2D eigenvalue weighted by Gasteiger charge is 2.36. The van der Waals surface area contributed by atoms with Crippen molar-refractivity contribution >= 4 is 34.5 Å². The van der Waals surface area contributed by atoms with Gasteiger partial charge in [-0.05, 0) is 79.8 Å². The van der Waals surface area contributed by atoms with Crippen LogP contribution in [0.25, 0.3) is 10.9 Å². The number of aromatic nitrogens is 1. The third-order valence-electron chi connectivity index (χ3n) is 7.65. The Kier molecular flexibility index (Phi) is 7.60. The van der Waals surface area contributed by atoms with E-state index in [-0.39, 0.29) is 25.0 Å². The molecule has 2 heterocycles. The lowest BCUT2D eigenvalue weighted by atomic mass is 9.92. The van der Waals surface area contributed by atoms with Gasteiger partial charge in [0.1, 0.15) is 30.3 Å². The van der Waals surface area contributed by atoms with Crippen LogP contribution in [0.1, 0.15) is 41.3 Å². The number of aliphatic hydroxyl groups excluding tert-OH is 1. The summed E-state index contributed by atoms with van der Waals surface area (Å²) in [6, 6.07) is 20.2. The lowest BCUT2D eigenvalue weighted by Crippen LogP contribution is -2.42. The van der Waals surface area contributed by atoms with Crippen LogP contribution in [0.2, 0.25) is 5.02 Å². The monoisotopic (exact) mass is 573 g/mol. The molecule has 1 fully saturated rings. The molecule has 1 aliphatic heterocycles. The highest BCUT2D eigenvalue weighted by molar-refractivity contribution is 6.31. The van der Waals surface area contributed by atoms with Gasteiger partial charge in [-0.25, -0.2) is 4.79 Å². The van der Waals surface area contributed by atoms with Gasteiger partial charge in [0, 0.05) is 40.6 Å². The lowest BCUT2D eigenvalue weighted by molar-refractivity contribution is -0.122. The molecule has 2 atom stereocenters. The topological polar surface area (TPSA) is 104 Å². The van der Waals surface area contributed by atoms with Gasteiger partial charge in [-0.15, -0.1) is 0 Å². The smallest absolute Gasteiger partial charge is 0.416 e. The number of hydrogen-bond acceptors (Lipinski definition) is 5. The van der Waals surface area contributed by atoms with Crippen molar-refractivity contribution in [1.82, 2.24) is 15.2 Å². The number of hydrogen-bond donors (Lipinski definition) is 3. The Balaban J connectivity index is 1.22. The minimum absolute atomic E-state index is 0.00929. The summed E-state index contributed by atoms with van der Waals surface area (Å²) >= 11 is 6.32. The normalized spacial score (nSPS) is 17.1. The second-order valence-electron chi connectivity index (χ2n) is 10.8. The molecular weight excluding hydrogens is 542 g/mol. The molecule has 0 spiro atoms. The third-order valence-corrected chi connectivity index (χ3v) is 7.88. The number of halogens is 1. The molecule has 1 saturated carbocycles. The number of benzene rings is 3. The number of aryl methyl sites for hydroxylation is 1. The summed E-state index contributed by atoms with van der Waals surface area (Å²) in [5.74, 6) is 1.16. The number of rotatable bonds is 8. The van der Waals surface area contributed by atoms with Crippen LogP contribution >= 0.6 is 11.6 Å². The standard InChI is InChI=1S/C32H32ClN3O5/c1-19-2-9-25(10-3-19)41-32(39)36-15-14-26-27-16-22(33)8-13-28(27)35-29(26)30(36)20-6-11-24(12-7-20)40-18-23(37)17-34-31(38)21-4-5-21/h2-3,6-13,16,21,23,30,35,37H,4-5,14-15,17-18H2,1H3,(H,34,38). The van der Waals surface area contributed by atoms with Crippen molar-refractivity contribution in [3.05, 3.63) is 94.1 Å². The van der Waals surface area contributed by atoms with Crippen LogP contribution in [0.15, 0.2) is 66.7 Å². The van der Waals surface area contributed by atoms with E-state index in [4.69, 9.17) is 21.1 Å². The summed E-state index contributed by atoms with van der Waals surface area (Å²) in [4.78, 5) is 30.6. The van der Waals surface area contributed by atoms with E-state index in [2.05, 4.69) is 10.3 Å². The minimum atomic E-state index is -0.816. The SMILES string of the molecule is Cc1ccc(OC(=O)N2CCc3c([nH]c4ccc(Cl)cc34)C2c2ccc(OCC(O)CNC(=O)C3CC3)cc2)cc1. The predicted molar refractivity (Wildman–Crippen MR) is 156 cm³/mol. The largest absolute Gasteiger partial charge is 0.491 e. The van der Waals surface area contributed by atoms with Crippen LogP contribution in [-0.2, 0) is 11.2 Å². The summed E-state index contributed by atoms with van der Waals surface area (Å²) in [7, 11) is 0. The Labute approximate surface area is 243 Å². The van der Waals surface area contributed by atoms with Crippen LogP contribution in [0.3, 0.4) is 0 Å². The molecule has 1 aliphatic carbocycles. The summed E-state index contributed by atoms with van der Waals surface area (Å²) in [6.45, 7) is 2.66. The molecule has 8 nitrogen and oxygen atoms in total. The summed E-state index contributed by atoms with van der Waals surface area (Å²) in [5, 5.41) is 14.7. The average molecular weight is 574 g/mol. The Morgan fingerprint density at radius 1 is 1.07 bits per heavy atom. The minimum Gasteiger partial charge on any atom is -0.491 e. The molecule has 41 heavy (non-hydrogen) atoms. The molecule has 3 aromatic carbocycles. The van der Waals surface area contributed by atoms with Crippen molar-refractivity contribution in [2.45, 2.75) is 38.3 Å².